The van der Waals surface area contributed by atoms with Crippen molar-refractivity contribution >= 4 is 33.0 Å². The van der Waals surface area contributed by atoms with Gasteiger partial charge in [0.2, 0.25) is 0 Å². The van der Waals surface area contributed by atoms with Gasteiger partial charge in [-0.05, 0) is 117 Å². The molecule has 1 aliphatic rings. The molecule has 1 radical (unpaired) electrons. The Kier molecular flexibility index (Phi) is 13.5. The molecule has 1 fully saturated rings. The summed E-state index contributed by atoms with van der Waals surface area (Å²) in [5.74, 6) is -0.104. The monoisotopic (exact) mass is 1090 g/mol. The van der Waals surface area contributed by atoms with Crippen LogP contribution >= 0.6 is 0 Å². The van der Waals surface area contributed by atoms with E-state index >= 15 is 0 Å². The van der Waals surface area contributed by atoms with Crippen molar-refractivity contribution < 1.29 is 31.7 Å². The molecular weight excluding hydrogens is 1030 g/mol. The van der Waals surface area contributed by atoms with Crippen LogP contribution in [0.1, 0.15) is 122 Å². The predicted octanol–water partition coefficient (Wildman–Crippen LogP) is 17.8. The number of aromatic nitrogens is 3. The van der Waals surface area contributed by atoms with Gasteiger partial charge < -0.3 is 14.0 Å². The molecule has 11 rings (SSSR count). The van der Waals surface area contributed by atoms with Crippen molar-refractivity contribution in [3.05, 3.63) is 198 Å². The van der Waals surface area contributed by atoms with Crippen molar-refractivity contribution in [2.75, 3.05) is 0 Å². The summed E-state index contributed by atoms with van der Waals surface area (Å²) in [5.41, 5.74) is 16.4. The quantitative estimate of drug-likeness (QED) is 0.135. The van der Waals surface area contributed by atoms with Crippen LogP contribution in [0.25, 0.3) is 83.6 Å². The summed E-state index contributed by atoms with van der Waals surface area (Å²) in [6.45, 7) is 12.8. The second-order valence-electron chi connectivity index (χ2n) is 18.9. The third-order valence-electron chi connectivity index (χ3n) is 13.4. The summed E-state index contributed by atoms with van der Waals surface area (Å²) >= 11 is 0. The fourth-order valence-electron chi connectivity index (χ4n) is 9.70. The molecule has 0 saturated heterocycles. The molecule has 349 valence electrons. The minimum Gasteiger partial charge on any atom is -0.501 e. The average Bonchev–Trinajstić information content (AvgIpc) is 3.95. The first kappa shape index (κ1) is 45.0. The van der Waals surface area contributed by atoms with E-state index in [0.717, 1.165) is 104 Å². The van der Waals surface area contributed by atoms with Crippen molar-refractivity contribution in [3.63, 3.8) is 0 Å². The molecule has 3 aromatic heterocycles. The van der Waals surface area contributed by atoms with E-state index < -0.39 is 11.8 Å². The fourth-order valence-corrected chi connectivity index (χ4v) is 9.70. The van der Waals surface area contributed by atoms with Crippen LogP contribution in [-0.4, -0.2) is 14.5 Å². The molecule has 0 bridgehead atoms. The Bertz CT molecular complexity index is 3430. The molecule has 69 heavy (non-hydrogen) atoms. The first-order valence-electron chi connectivity index (χ1n) is 25.1. The molecule has 0 unspecified atom stereocenters. The largest absolute Gasteiger partial charge is 0.501 e. The van der Waals surface area contributed by atoms with Crippen molar-refractivity contribution in [2.24, 2.45) is 0 Å². The topological polar surface area (TPSA) is 43.9 Å². The number of fused-ring (bicyclic) bond motifs is 4. The van der Waals surface area contributed by atoms with Gasteiger partial charge in [0.15, 0.2) is 0 Å². The minimum atomic E-state index is -0.655. The molecule has 6 heteroatoms. The molecule has 0 aliphatic heterocycles. The summed E-state index contributed by atoms with van der Waals surface area (Å²) in [7, 11) is 0. The maximum atomic E-state index is 12.7. The van der Waals surface area contributed by atoms with E-state index in [2.05, 4.69) is 159 Å². The van der Waals surface area contributed by atoms with E-state index in [1.54, 1.807) is 12.3 Å². The predicted molar refractivity (Wildman–Crippen MR) is 280 cm³/mol. The van der Waals surface area contributed by atoms with Crippen molar-refractivity contribution in [1.82, 2.24) is 14.5 Å². The third-order valence-corrected chi connectivity index (χ3v) is 13.4. The van der Waals surface area contributed by atoms with Gasteiger partial charge in [0.05, 0.1) is 22.4 Å². The molecular formula is C63H58FIrN3O-2. The summed E-state index contributed by atoms with van der Waals surface area (Å²) in [6, 6.07) is 57.6. The van der Waals surface area contributed by atoms with E-state index in [0.29, 0.717) is 0 Å². The maximum Gasteiger partial charge on any atom is 0.121 e. The Labute approximate surface area is 422 Å². The van der Waals surface area contributed by atoms with Crippen molar-refractivity contribution in [2.45, 2.75) is 97.3 Å². The van der Waals surface area contributed by atoms with E-state index in [9.17, 15) is 5.76 Å². The summed E-state index contributed by atoms with van der Waals surface area (Å²) in [5, 5.41) is 2.14. The molecule has 3 heterocycles. The number of hydrogen-bond donors (Lipinski definition) is 0. The summed E-state index contributed by atoms with van der Waals surface area (Å²) in [6.07, 6.45) is 7.11. The molecule has 4 nitrogen and oxygen atoms in total. The smallest absolute Gasteiger partial charge is 0.121 e. The van der Waals surface area contributed by atoms with Gasteiger partial charge in [-0.3, -0.25) is 9.37 Å². The van der Waals surface area contributed by atoms with Crippen molar-refractivity contribution in [3.8, 4) is 50.6 Å². The van der Waals surface area contributed by atoms with Crippen LogP contribution in [0, 0.1) is 17.9 Å². The second kappa shape index (κ2) is 20.6. The first-order chi connectivity index (χ1) is 33.8. The van der Waals surface area contributed by atoms with Crippen LogP contribution in [-0.2, 0) is 20.1 Å². The normalized spacial score (nSPS) is 14.1. The van der Waals surface area contributed by atoms with Crippen LogP contribution in [0.15, 0.2) is 162 Å². The number of halogens is 1. The zero-order chi connectivity index (χ0) is 48.7. The fraction of sp³-hybridized carbons (Fsp3) is 0.238. The first-order valence-corrected chi connectivity index (χ1v) is 24.1. The maximum absolute atomic E-state index is 12.7. The Morgan fingerprint density at radius 1 is 0.696 bits per heavy atom. The molecule has 1 saturated carbocycles. The summed E-state index contributed by atoms with van der Waals surface area (Å²) in [4.78, 5) is 9.61. The number of benzene rings is 7. The molecule has 7 aromatic carbocycles. The van der Waals surface area contributed by atoms with Gasteiger partial charge in [0.1, 0.15) is 5.58 Å². The van der Waals surface area contributed by atoms with Crippen LogP contribution in [0.2, 0.25) is 0 Å². The van der Waals surface area contributed by atoms with Crippen molar-refractivity contribution in [1.29, 1.82) is 0 Å². The number of rotatable bonds is 9. The van der Waals surface area contributed by atoms with Crippen LogP contribution < -0.4 is 0 Å². The van der Waals surface area contributed by atoms with Crippen LogP contribution in [0.3, 0.4) is 0 Å². The molecule has 0 spiro atoms. The second-order valence-corrected chi connectivity index (χ2v) is 18.9. The molecule has 0 atom stereocenters. The Hall–Kier alpha value is -6.46. The van der Waals surface area contributed by atoms with Crippen LogP contribution in [0.5, 0.6) is 0 Å². The number of nitrogens with zero attached hydrogens (tertiary/aromatic N) is 3. The van der Waals surface area contributed by atoms with Crippen LogP contribution in [0.4, 0.5) is 4.39 Å². The van der Waals surface area contributed by atoms with Gasteiger partial charge >= 0.3 is 0 Å². The number of pyridine rings is 1. The van der Waals surface area contributed by atoms with Gasteiger partial charge in [-0.25, -0.2) is 0 Å². The van der Waals surface area contributed by atoms with E-state index in [-0.39, 0.29) is 37.8 Å². The third kappa shape index (κ3) is 9.76. The Morgan fingerprint density at radius 2 is 1.39 bits per heavy atom. The van der Waals surface area contributed by atoms with Gasteiger partial charge in [-0.2, -0.15) is 0 Å². The number of hydrogen-bond acceptors (Lipinski definition) is 3. The van der Waals surface area contributed by atoms with Gasteiger partial charge in [0.25, 0.3) is 0 Å². The standard InChI is InChI=1S/C49H45N2O.C14H13FN.Ir/c1-31(2)42-28-38(36-24-22-35(23-25-36)33-14-7-5-8-15-33)29-43(32(3)4)47(42)51-45-21-12-11-20-44(45)50-49(51)41-19-13-18-40-39-27-26-37(30-46(39)52-48(40)41)34-16-9-6-10-17-34;1-10(2)12-5-8-14(16-9-12)11-3-6-13(15)7-4-11;/h6,9-13,16-18,20-33H,5,7-8,14-15H2,1-4H3;3,5-10H,1-2H3;/q2*-1;/i33D;10D;. The van der Waals surface area contributed by atoms with E-state index in [1.807, 2.05) is 38.1 Å². The SMILES string of the molecule is [2H]C(C)(C)c1ccc(-c2[c-]cc(F)cc2)nc1.[2H]C1(c2ccc(-c3cc(C(C)C)c(-n4c(-c5[c-]ccc6c5oc5cc(-c7ccccc7)ccc56)nc5ccccc54)c(C(C)C)c3)cc2)CCCCC1.[Ir]. The van der Waals surface area contributed by atoms with E-state index in [4.69, 9.17) is 10.8 Å². The van der Waals surface area contributed by atoms with Gasteiger partial charge in [-0.15, -0.1) is 48.0 Å². The van der Waals surface area contributed by atoms with Gasteiger partial charge in [0, 0.05) is 45.9 Å². The number of furan rings is 1. The van der Waals surface area contributed by atoms with Gasteiger partial charge in [-0.1, -0.05) is 163 Å². The average molecular weight is 1090 g/mol. The summed E-state index contributed by atoms with van der Waals surface area (Å²) < 4.78 is 39.0. The zero-order valence-corrected chi connectivity index (χ0v) is 42.6. The number of imidazole rings is 1. The Balaban J connectivity index is 0.000000294. The molecule has 0 N–H and O–H groups in total. The molecule has 0 amide bonds. The molecule has 1 aliphatic carbocycles. The minimum absolute atomic E-state index is 0. The molecule has 10 aromatic rings. The number of para-hydroxylation sites is 2. The zero-order valence-electron chi connectivity index (χ0n) is 42.2. The van der Waals surface area contributed by atoms with E-state index in [1.165, 1.54) is 46.5 Å². The Morgan fingerprint density at radius 3 is 2.06 bits per heavy atom.